The van der Waals surface area contributed by atoms with Crippen molar-refractivity contribution >= 4 is 27.9 Å². The third kappa shape index (κ3) is 3.37. The Hall–Kier alpha value is -2.04. The maximum atomic E-state index is 13.2. The molecule has 0 saturated carbocycles. The molecule has 0 N–H and O–H groups in total. The number of benzene rings is 2. The summed E-state index contributed by atoms with van der Waals surface area (Å²) in [6, 6.07) is 17.5. The average molecular weight is 353 g/mol. The zero-order valence-electron chi connectivity index (χ0n) is 14.9. The molecule has 2 unspecified atom stereocenters. The molecule has 0 amide bonds. The highest BCUT2D eigenvalue weighted by Crippen LogP contribution is 2.32. The van der Waals surface area contributed by atoms with E-state index >= 15 is 0 Å². The molecule has 25 heavy (non-hydrogen) atoms. The van der Waals surface area contributed by atoms with Crippen molar-refractivity contribution < 1.29 is 9.35 Å². The summed E-state index contributed by atoms with van der Waals surface area (Å²) in [6.45, 7) is 4.10. The van der Waals surface area contributed by atoms with Gasteiger partial charge in [-0.15, -0.1) is 0 Å². The van der Waals surface area contributed by atoms with Crippen LogP contribution in [0.4, 0.5) is 0 Å². The smallest absolute Gasteiger partial charge is 0.195 e. The molecule has 130 valence electrons. The fraction of sp³-hybridized carbons (Fsp3) is 0.286. The molecule has 0 saturated heterocycles. The summed E-state index contributed by atoms with van der Waals surface area (Å²) in [6.07, 6.45) is 2.61. The molecule has 2 aromatic carbocycles. The van der Waals surface area contributed by atoms with E-state index in [1.807, 2.05) is 61.5 Å². The van der Waals surface area contributed by atoms with E-state index in [0.29, 0.717) is 11.3 Å². The maximum Gasteiger partial charge on any atom is 0.195 e. The molecule has 0 radical (unpaired) electrons. The van der Waals surface area contributed by atoms with Gasteiger partial charge in [-0.1, -0.05) is 66.6 Å². The van der Waals surface area contributed by atoms with Crippen molar-refractivity contribution in [1.29, 1.82) is 0 Å². The van der Waals surface area contributed by atoms with Crippen molar-refractivity contribution in [3.63, 3.8) is 0 Å². The van der Waals surface area contributed by atoms with Gasteiger partial charge >= 0.3 is 0 Å². The second-order valence-corrected chi connectivity index (χ2v) is 7.82. The minimum atomic E-state index is -0.890. The van der Waals surface area contributed by atoms with Crippen LogP contribution in [-0.2, 0) is 11.2 Å². The predicted molar refractivity (Wildman–Crippen MR) is 105 cm³/mol. The van der Waals surface area contributed by atoms with Crippen molar-refractivity contribution in [2.75, 3.05) is 12.0 Å². The topological polar surface area (TPSA) is 45.1 Å². The molecule has 0 fully saturated rings. The van der Waals surface area contributed by atoms with Gasteiger partial charge in [0.05, 0.1) is 17.9 Å². The van der Waals surface area contributed by atoms with E-state index in [-0.39, 0.29) is 11.8 Å². The Balaban J connectivity index is 2.21. The van der Waals surface area contributed by atoms with Crippen LogP contribution in [0, 0.1) is 6.92 Å². The number of para-hydroxylation sites is 1. The van der Waals surface area contributed by atoms with Crippen LogP contribution < -0.4 is 0 Å². The van der Waals surface area contributed by atoms with Crippen LogP contribution in [0.15, 0.2) is 54.6 Å². The lowest BCUT2D eigenvalue weighted by molar-refractivity contribution is 0.103. The fourth-order valence-corrected chi connectivity index (χ4v) is 4.45. The second kappa shape index (κ2) is 7.46. The van der Waals surface area contributed by atoms with Gasteiger partial charge in [-0.2, -0.15) is 0 Å². The monoisotopic (exact) mass is 353 g/mol. The lowest BCUT2D eigenvalue weighted by atomic mass is 10.0. The molecule has 1 heterocycles. The first kappa shape index (κ1) is 17.8. The van der Waals surface area contributed by atoms with Gasteiger partial charge < -0.3 is 9.12 Å². The Morgan fingerprint density at radius 3 is 2.40 bits per heavy atom. The van der Waals surface area contributed by atoms with E-state index in [2.05, 4.69) is 11.5 Å². The molecule has 2 atom stereocenters. The Bertz CT molecular complexity index is 884. The summed E-state index contributed by atoms with van der Waals surface area (Å²) in [4.78, 5) is 13.2. The summed E-state index contributed by atoms with van der Waals surface area (Å²) in [5.74, 6) is 0.634. The van der Waals surface area contributed by atoms with E-state index < -0.39 is 11.2 Å². The van der Waals surface area contributed by atoms with E-state index in [4.69, 9.17) is 0 Å². The minimum absolute atomic E-state index is 0.0422. The van der Waals surface area contributed by atoms with Gasteiger partial charge in [-0.3, -0.25) is 4.79 Å². The Morgan fingerprint density at radius 2 is 1.76 bits per heavy atom. The third-order valence-electron chi connectivity index (χ3n) is 4.68. The van der Waals surface area contributed by atoms with Gasteiger partial charge in [-0.05, 0) is 19.4 Å². The quantitative estimate of drug-likeness (QED) is 0.483. The predicted octanol–water partition coefficient (Wildman–Crippen LogP) is 4.51. The van der Waals surface area contributed by atoms with Crippen molar-refractivity contribution in [3.8, 4) is 0 Å². The largest absolute Gasteiger partial charge is 0.616 e. The first-order chi connectivity index (χ1) is 12.0. The number of rotatable bonds is 6. The van der Waals surface area contributed by atoms with E-state index in [0.717, 1.165) is 28.6 Å². The van der Waals surface area contributed by atoms with Crippen LogP contribution in [0.1, 0.15) is 41.0 Å². The average Bonchev–Trinajstić information content (AvgIpc) is 2.91. The summed E-state index contributed by atoms with van der Waals surface area (Å²) >= 11 is -0.890. The Kier molecular flexibility index (Phi) is 5.30. The molecular weight excluding hydrogens is 330 g/mol. The van der Waals surface area contributed by atoms with Crippen molar-refractivity contribution in [3.05, 3.63) is 71.4 Å². The van der Waals surface area contributed by atoms with Crippen LogP contribution in [0.3, 0.4) is 0 Å². The SMILES string of the molecule is CCC(C[S+](C)[O-])n1c(C)c(C(=O)c2ccccc2)c2ccccc21. The van der Waals surface area contributed by atoms with Gasteiger partial charge in [0, 0.05) is 22.2 Å². The molecule has 0 aliphatic heterocycles. The van der Waals surface area contributed by atoms with Gasteiger partial charge in [-0.25, -0.2) is 0 Å². The van der Waals surface area contributed by atoms with Gasteiger partial charge in [0.2, 0.25) is 0 Å². The molecule has 0 spiro atoms. The molecule has 3 rings (SSSR count). The number of hydrogen-bond acceptors (Lipinski definition) is 2. The number of ketones is 1. The molecular formula is C21H23NO2S. The number of aromatic nitrogens is 1. The summed E-state index contributed by atoms with van der Waals surface area (Å²) < 4.78 is 14.0. The van der Waals surface area contributed by atoms with Crippen molar-refractivity contribution in [1.82, 2.24) is 4.57 Å². The number of carbonyl (C=O) groups is 1. The number of fused-ring (bicyclic) bond motifs is 1. The number of carbonyl (C=O) groups excluding carboxylic acids is 1. The highest BCUT2D eigenvalue weighted by atomic mass is 32.2. The van der Waals surface area contributed by atoms with E-state index in [1.54, 1.807) is 6.26 Å². The minimum Gasteiger partial charge on any atom is -0.616 e. The summed E-state index contributed by atoms with van der Waals surface area (Å²) in [5, 5.41) is 0.967. The summed E-state index contributed by atoms with van der Waals surface area (Å²) in [7, 11) is 0. The van der Waals surface area contributed by atoms with Crippen molar-refractivity contribution in [2.24, 2.45) is 0 Å². The van der Waals surface area contributed by atoms with Gasteiger partial charge in [0.25, 0.3) is 0 Å². The van der Waals surface area contributed by atoms with Crippen LogP contribution in [0.25, 0.3) is 10.9 Å². The second-order valence-electron chi connectivity index (χ2n) is 6.34. The summed E-state index contributed by atoms with van der Waals surface area (Å²) in [5.41, 5.74) is 3.44. The maximum absolute atomic E-state index is 13.2. The molecule has 3 nitrogen and oxygen atoms in total. The van der Waals surface area contributed by atoms with Crippen molar-refractivity contribution in [2.45, 2.75) is 26.3 Å². The Morgan fingerprint density at radius 1 is 1.12 bits per heavy atom. The Labute approximate surface area is 151 Å². The van der Waals surface area contributed by atoms with Gasteiger partial charge in [0.1, 0.15) is 5.75 Å². The highest BCUT2D eigenvalue weighted by molar-refractivity contribution is 7.90. The molecule has 0 aliphatic carbocycles. The lowest BCUT2D eigenvalue weighted by Gasteiger charge is -2.20. The van der Waals surface area contributed by atoms with Gasteiger partial charge in [0.15, 0.2) is 5.78 Å². The molecule has 4 heteroatoms. The fourth-order valence-electron chi connectivity index (χ4n) is 3.53. The number of nitrogens with zero attached hydrogens (tertiary/aromatic N) is 1. The van der Waals surface area contributed by atoms with Crippen LogP contribution in [0.5, 0.6) is 0 Å². The van der Waals surface area contributed by atoms with Crippen LogP contribution in [0.2, 0.25) is 0 Å². The molecule has 1 aromatic heterocycles. The van der Waals surface area contributed by atoms with E-state index in [1.165, 1.54) is 0 Å². The van der Waals surface area contributed by atoms with E-state index in [9.17, 15) is 9.35 Å². The first-order valence-electron chi connectivity index (χ1n) is 8.53. The van der Waals surface area contributed by atoms with Crippen LogP contribution >= 0.6 is 0 Å². The number of hydrogen-bond donors (Lipinski definition) is 0. The standard InChI is InChI=1S/C21H23NO2S/c1-4-17(14-25(3)24)22-15(2)20(18-12-8-9-13-19(18)22)21(23)16-10-6-5-7-11-16/h5-13,17H,4,14H2,1-3H3. The zero-order valence-corrected chi connectivity index (χ0v) is 15.7. The lowest BCUT2D eigenvalue weighted by Crippen LogP contribution is -2.20. The highest BCUT2D eigenvalue weighted by Gasteiger charge is 2.25. The molecule has 3 aromatic rings. The van der Waals surface area contributed by atoms with Crippen LogP contribution in [-0.4, -0.2) is 26.9 Å². The normalized spacial score (nSPS) is 13.8. The molecule has 0 bridgehead atoms. The third-order valence-corrected chi connectivity index (χ3v) is 5.54. The first-order valence-corrected chi connectivity index (χ1v) is 10.3. The zero-order chi connectivity index (χ0) is 18.0. The molecule has 0 aliphatic rings.